The number of furan rings is 1. The summed E-state index contributed by atoms with van der Waals surface area (Å²) in [6, 6.07) is 10.4. The standard InChI is InChI=1S/C16H12O5/c1-19-15(17)11-7-3-5-9-10-6-4-8-12(16(18)20-2)14(10)21-13(9)11/h3-8H,1-2H3. The van der Waals surface area contributed by atoms with Crippen LogP contribution in [-0.4, -0.2) is 26.2 Å². The van der Waals surface area contributed by atoms with Gasteiger partial charge in [0.1, 0.15) is 22.3 Å². The van der Waals surface area contributed by atoms with E-state index in [1.54, 1.807) is 24.3 Å². The van der Waals surface area contributed by atoms with Gasteiger partial charge in [-0.15, -0.1) is 0 Å². The second kappa shape index (κ2) is 4.94. The lowest BCUT2D eigenvalue weighted by Gasteiger charge is -1.99. The molecule has 0 saturated heterocycles. The van der Waals surface area contributed by atoms with E-state index < -0.39 is 11.9 Å². The average Bonchev–Trinajstić information content (AvgIpc) is 2.91. The maximum atomic E-state index is 11.8. The Morgan fingerprint density at radius 3 is 1.62 bits per heavy atom. The number of rotatable bonds is 2. The van der Waals surface area contributed by atoms with Gasteiger partial charge >= 0.3 is 11.9 Å². The van der Waals surface area contributed by atoms with Crippen LogP contribution in [0.3, 0.4) is 0 Å². The summed E-state index contributed by atoms with van der Waals surface area (Å²) in [5, 5.41) is 1.50. The van der Waals surface area contributed by atoms with Gasteiger partial charge in [-0.05, 0) is 12.1 Å². The van der Waals surface area contributed by atoms with E-state index in [2.05, 4.69) is 0 Å². The molecule has 0 radical (unpaired) electrons. The molecule has 0 aliphatic rings. The van der Waals surface area contributed by atoms with Crippen molar-refractivity contribution in [1.29, 1.82) is 0 Å². The lowest BCUT2D eigenvalue weighted by atomic mass is 10.1. The predicted octanol–water partition coefficient (Wildman–Crippen LogP) is 3.16. The molecule has 2 aromatic carbocycles. The van der Waals surface area contributed by atoms with Gasteiger partial charge in [0.05, 0.1) is 14.2 Å². The lowest BCUT2D eigenvalue weighted by Crippen LogP contribution is -2.01. The van der Waals surface area contributed by atoms with Gasteiger partial charge in [0, 0.05) is 10.8 Å². The van der Waals surface area contributed by atoms with Crippen molar-refractivity contribution in [2.24, 2.45) is 0 Å². The second-order valence-electron chi connectivity index (χ2n) is 4.45. The number of methoxy groups -OCH3 is 2. The highest BCUT2D eigenvalue weighted by atomic mass is 16.5. The molecular formula is C16H12O5. The molecule has 0 bridgehead atoms. The number of para-hydroxylation sites is 2. The first-order valence-corrected chi connectivity index (χ1v) is 6.28. The van der Waals surface area contributed by atoms with E-state index in [-0.39, 0.29) is 0 Å². The normalized spacial score (nSPS) is 10.8. The third-order valence-electron chi connectivity index (χ3n) is 3.33. The number of hydrogen-bond acceptors (Lipinski definition) is 5. The van der Waals surface area contributed by atoms with E-state index in [0.29, 0.717) is 22.3 Å². The van der Waals surface area contributed by atoms with Crippen LogP contribution in [0.4, 0.5) is 0 Å². The summed E-state index contributed by atoms with van der Waals surface area (Å²) in [6.45, 7) is 0. The van der Waals surface area contributed by atoms with E-state index in [9.17, 15) is 9.59 Å². The van der Waals surface area contributed by atoms with Crippen LogP contribution in [0.15, 0.2) is 40.8 Å². The van der Waals surface area contributed by atoms with Gasteiger partial charge in [0.15, 0.2) is 0 Å². The largest absolute Gasteiger partial charge is 0.465 e. The highest BCUT2D eigenvalue weighted by molar-refractivity contribution is 6.15. The Morgan fingerprint density at radius 1 is 0.810 bits per heavy atom. The Labute approximate surface area is 120 Å². The molecule has 21 heavy (non-hydrogen) atoms. The van der Waals surface area contributed by atoms with Gasteiger partial charge in [-0.3, -0.25) is 0 Å². The van der Waals surface area contributed by atoms with E-state index in [1.165, 1.54) is 14.2 Å². The zero-order chi connectivity index (χ0) is 15.0. The molecule has 0 spiro atoms. The first kappa shape index (κ1) is 13.2. The van der Waals surface area contributed by atoms with Crippen molar-refractivity contribution < 1.29 is 23.5 Å². The molecule has 106 valence electrons. The zero-order valence-electron chi connectivity index (χ0n) is 11.5. The third-order valence-corrected chi connectivity index (χ3v) is 3.33. The molecule has 3 aromatic rings. The number of esters is 2. The molecule has 0 fully saturated rings. The Bertz CT molecular complexity index is 789. The van der Waals surface area contributed by atoms with Gasteiger partial charge in [-0.25, -0.2) is 9.59 Å². The molecule has 0 aliphatic heterocycles. The number of carbonyl (C=O) groups is 2. The third kappa shape index (κ3) is 1.94. The predicted molar refractivity (Wildman–Crippen MR) is 76.4 cm³/mol. The summed E-state index contributed by atoms with van der Waals surface area (Å²) in [4.78, 5) is 23.6. The summed E-state index contributed by atoms with van der Waals surface area (Å²) in [7, 11) is 2.62. The number of carbonyl (C=O) groups excluding carboxylic acids is 2. The first-order chi connectivity index (χ1) is 10.2. The van der Waals surface area contributed by atoms with Crippen LogP contribution in [0, 0.1) is 0 Å². The summed E-state index contributed by atoms with van der Waals surface area (Å²) in [5.74, 6) is -0.974. The molecule has 0 unspecified atom stereocenters. The van der Waals surface area contributed by atoms with Gasteiger partial charge in [-0.1, -0.05) is 24.3 Å². The van der Waals surface area contributed by atoms with Crippen molar-refractivity contribution in [2.75, 3.05) is 14.2 Å². The average molecular weight is 284 g/mol. The fourth-order valence-electron chi connectivity index (χ4n) is 2.36. The van der Waals surface area contributed by atoms with Crippen LogP contribution in [0.25, 0.3) is 21.9 Å². The van der Waals surface area contributed by atoms with E-state index >= 15 is 0 Å². The topological polar surface area (TPSA) is 65.7 Å². The monoisotopic (exact) mass is 284 g/mol. The molecule has 0 atom stereocenters. The maximum absolute atomic E-state index is 11.8. The molecule has 5 nitrogen and oxygen atoms in total. The lowest BCUT2D eigenvalue weighted by molar-refractivity contribution is 0.0594. The Balaban J connectivity index is 2.39. The molecule has 0 aliphatic carbocycles. The van der Waals surface area contributed by atoms with Crippen molar-refractivity contribution in [1.82, 2.24) is 0 Å². The highest BCUT2D eigenvalue weighted by Gasteiger charge is 2.20. The van der Waals surface area contributed by atoms with Crippen LogP contribution < -0.4 is 0 Å². The van der Waals surface area contributed by atoms with Crippen LogP contribution in [0.5, 0.6) is 0 Å². The maximum Gasteiger partial charge on any atom is 0.341 e. The van der Waals surface area contributed by atoms with Crippen LogP contribution in [0.1, 0.15) is 20.7 Å². The van der Waals surface area contributed by atoms with E-state index in [0.717, 1.165) is 10.8 Å². The Hall–Kier alpha value is -2.82. The molecule has 1 aromatic heterocycles. The molecular weight excluding hydrogens is 272 g/mol. The Morgan fingerprint density at radius 2 is 1.24 bits per heavy atom. The zero-order valence-corrected chi connectivity index (χ0v) is 11.5. The Kier molecular flexibility index (Phi) is 3.10. The van der Waals surface area contributed by atoms with E-state index in [4.69, 9.17) is 13.9 Å². The molecule has 1 heterocycles. The smallest absolute Gasteiger partial charge is 0.341 e. The molecule has 0 amide bonds. The van der Waals surface area contributed by atoms with Crippen LogP contribution in [-0.2, 0) is 9.47 Å². The summed E-state index contributed by atoms with van der Waals surface area (Å²) < 4.78 is 15.3. The fraction of sp³-hybridized carbons (Fsp3) is 0.125. The molecule has 3 rings (SSSR count). The number of benzene rings is 2. The minimum Gasteiger partial charge on any atom is -0.465 e. The summed E-state index contributed by atoms with van der Waals surface area (Å²) in [5.41, 5.74) is 1.44. The molecule has 0 N–H and O–H groups in total. The minimum atomic E-state index is -0.487. The number of fused-ring (bicyclic) bond motifs is 3. The fourth-order valence-corrected chi connectivity index (χ4v) is 2.36. The van der Waals surface area contributed by atoms with Crippen molar-refractivity contribution in [3.05, 3.63) is 47.5 Å². The van der Waals surface area contributed by atoms with E-state index in [1.807, 2.05) is 12.1 Å². The quantitative estimate of drug-likeness (QED) is 0.676. The molecule has 0 saturated carbocycles. The SMILES string of the molecule is COC(=O)c1cccc2c1oc1c(C(=O)OC)cccc12. The van der Waals surface area contributed by atoms with Crippen molar-refractivity contribution in [3.63, 3.8) is 0 Å². The van der Waals surface area contributed by atoms with Crippen LogP contribution >= 0.6 is 0 Å². The highest BCUT2D eigenvalue weighted by Crippen LogP contribution is 2.33. The first-order valence-electron chi connectivity index (χ1n) is 6.28. The number of ether oxygens (including phenoxy) is 2. The van der Waals surface area contributed by atoms with Gasteiger partial charge < -0.3 is 13.9 Å². The van der Waals surface area contributed by atoms with Crippen LogP contribution in [0.2, 0.25) is 0 Å². The summed E-state index contributed by atoms with van der Waals surface area (Å²) in [6.07, 6.45) is 0. The van der Waals surface area contributed by atoms with Gasteiger partial charge in [0.2, 0.25) is 0 Å². The van der Waals surface area contributed by atoms with Crippen molar-refractivity contribution >= 4 is 33.9 Å². The van der Waals surface area contributed by atoms with Gasteiger partial charge in [0.25, 0.3) is 0 Å². The minimum absolute atomic E-state index is 0.321. The van der Waals surface area contributed by atoms with Crippen molar-refractivity contribution in [3.8, 4) is 0 Å². The molecule has 5 heteroatoms. The number of hydrogen-bond donors (Lipinski definition) is 0. The van der Waals surface area contributed by atoms with Crippen molar-refractivity contribution in [2.45, 2.75) is 0 Å². The van der Waals surface area contributed by atoms with Gasteiger partial charge in [-0.2, -0.15) is 0 Å². The summed E-state index contributed by atoms with van der Waals surface area (Å²) >= 11 is 0. The second-order valence-corrected chi connectivity index (χ2v) is 4.45.